The van der Waals surface area contributed by atoms with Crippen molar-refractivity contribution in [2.75, 3.05) is 5.32 Å². The first-order valence-corrected chi connectivity index (χ1v) is 10.2. The molecule has 0 bridgehead atoms. The smallest absolute Gasteiger partial charge is 0.297 e. The van der Waals surface area contributed by atoms with Gasteiger partial charge in [0.25, 0.3) is 10.1 Å². The lowest BCUT2D eigenvalue weighted by atomic mass is 10.1. The third-order valence-corrected chi connectivity index (χ3v) is 5.11. The van der Waals surface area contributed by atoms with Gasteiger partial charge in [-0.15, -0.1) is 0 Å². The number of rotatable bonds is 2. The van der Waals surface area contributed by atoms with Crippen molar-refractivity contribution in [2.45, 2.75) is 4.90 Å². The van der Waals surface area contributed by atoms with Gasteiger partial charge in [-0.05, 0) is 34.4 Å². The highest BCUT2D eigenvalue weighted by molar-refractivity contribution is 7.86. The van der Waals surface area contributed by atoms with Gasteiger partial charge in [-0.3, -0.25) is 4.55 Å². The lowest BCUT2D eigenvalue weighted by molar-refractivity contribution is 0.484. The first-order valence-electron chi connectivity index (χ1n) is 8.36. The maximum absolute atomic E-state index is 11.5. The van der Waals surface area contributed by atoms with Crippen molar-refractivity contribution in [3.05, 3.63) is 84.9 Å². The molecule has 0 spiro atoms. The van der Waals surface area contributed by atoms with E-state index in [2.05, 4.69) is 66.1 Å². The molecular formula is C21H18N2O3S2. The second-order valence-corrected chi connectivity index (χ2v) is 7.77. The molecule has 142 valence electrons. The van der Waals surface area contributed by atoms with Crippen molar-refractivity contribution in [1.82, 2.24) is 0 Å². The third kappa shape index (κ3) is 4.64. The maximum atomic E-state index is 11.5. The third-order valence-electron chi connectivity index (χ3n) is 4.05. The average Bonchev–Trinajstić information content (AvgIpc) is 2.67. The van der Waals surface area contributed by atoms with Gasteiger partial charge in [-0.1, -0.05) is 78.9 Å². The monoisotopic (exact) mass is 410 g/mol. The van der Waals surface area contributed by atoms with Gasteiger partial charge in [0, 0.05) is 5.39 Å². The number of hydrogen-bond donors (Lipinski definition) is 3. The zero-order valence-electron chi connectivity index (χ0n) is 14.7. The van der Waals surface area contributed by atoms with Crippen molar-refractivity contribution in [2.24, 2.45) is 5.73 Å². The average molecular weight is 411 g/mol. The number of anilines is 1. The molecule has 0 radical (unpaired) electrons. The van der Waals surface area contributed by atoms with Crippen LogP contribution >= 0.6 is 12.2 Å². The fraction of sp³-hybridized carbons (Fsp3) is 0. The summed E-state index contributed by atoms with van der Waals surface area (Å²) in [4.78, 5) is -0.228. The Balaban J connectivity index is 0.000000188. The van der Waals surface area contributed by atoms with Gasteiger partial charge in [0.05, 0.1) is 5.69 Å². The summed E-state index contributed by atoms with van der Waals surface area (Å²) < 4.78 is 32.3. The van der Waals surface area contributed by atoms with Crippen LogP contribution in [0, 0.1) is 0 Å². The summed E-state index contributed by atoms with van der Waals surface area (Å²) in [5.41, 5.74) is 5.48. The molecule has 0 heterocycles. The van der Waals surface area contributed by atoms with Gasteiger partial charge in [0.15, 0.2) is 5.11 Å². The van der Waals surface area contributed by atoms with Crippen LogP contribution in [0.1, 0.15) is 0 Å². The molecule has 4 rings (SSSR count). The van der Waals surface area contributed by atoms with Crippen molar-refractivity contribution in [1.29, 1.82) is 0 Å². The lowest BCUT2D eigenvalue weighted by Crippen LogP contribution is -2.20. The Morgan fingerprint density at radius 3 is 1.71 bits per heavy atom. The van der Waals surface area contributed by atoms with Crippen molar-refractivity contribution in [3.8, 4) is 0 Å². The Kier molecular flexibility index (Phi) is 5.89. The molecule has 28 heavy (non-hydrogen) atoms. The minimum absolute atomic E-state index is 0.0739. The standard InChI is InChI=1S/C11H10N2O3S2.C10H8/c12-11(17)13-9-6-5-7-3-1-2-4-8(7)10(9)18(14,15)16;1-2-6-10-8-4-3-7-9(10)5-1/h1-6H,(H3,12,13,17)(H,14,15,16);1-8H. The zero-order valence-corrected chi connectivity index (χ0v) is 16.4. The summed E-state index contributed by atoms with van der Waals surface area (Å²) in [6.07, 6.45) is 0. The maximum Gasteiger partial charge on any atom is 0.297 e. The van der Waals surface area contributed by atoms with Gasteiger partial charge in [-0.25, -0.2) is 0 Å². The molecule has 0 aliphatic rings. The van der Waals surface area contributed by atoms with Crippen LogP contribution in [0.5, 0.6) is 0 Å². The van der Waals surface area contributed by atoms with Gasteiger partial charge in [0.2, 0.25) is 0 Å². The first kappa shape index (κ1) is 19.8. The van der Waals surface area contributed by atoms with E-state index in [0.29, 0.717) is 10.8 Å². The molecule has 5 nitrogen and oxygen atoms in total. The molecule has 4 N–H and O–H groups in total. The Bertz CT molecular complexity index is 1190. The van der Waals surface area contributed by atoms with E-state index in [1.54, 1.807) is 30.3 Å². The molecule has 0 unspecified atom stereocenters. The van der Waals surface area contributed by atoms with E-state index in [0.717, 1.165) is 0 Å². The summed E-state index contributed by atoms with van der Waals surface area (Å²) in [6.45, 7) is 0. The molecule has 0 amide bonds. The van der Waals surface area contributed by atoms with E-state index in [-0.39, 0.29) is 15.7 Å². The van der Waals surface area contributed by atoms with Gasteiger partial charge < -0.3 is 11.1 Å². The van der Waals surface area contributed by atoms with Gasteiger partial charge in [-0.2, -0.15) is 8.42 Å². The number of thiocarbonyl (C=S) groups is 1. The summed E-state index contributed by atoms with van der Waals surface area (Å²) in [5.74, 6) is 0. The summed E-state index contributed by atoms with van der Waals surface area (Å²) in [7, 11) is -4.38. The van der Waals surface area contributed by atoms with E-state index in [4.69, 9.17) is 5.73 Å². The first-order chi connectivity index (χ1) is 13.4. The predicted octanol–water partition coefficient (Wildman–Crippen LogP) is 4.58. The number of nitrogens with one attached hydrogen (secondary N) is 1. The highest BCUT2D eigenvalue weighted by Crippen LogP contribution is 2.30. The van der Waals surface area contributed by atoms with E-state index < -0.39 is 10.1 Å². The SMILES string of the molecule is NC(=S)Nc1ccc2ccccc2c1S(=O)(=O)O.c1ccc2ccccc2c1. The van der Waals surface area contributed by atoms with Crippen LogP contribution in [0.4, 0.5) is 5.69 Å². The topological polar surface area (TPSA) is 92.4 Å². The van der Waals surface area contributed by atoms with Crippen LogP contribution in [0.2, 0.25) is 0 Å². The second kappa shape index (κ2) is 8.35. The van der Waals surface area contributed by atoms with E-state index in [1.807, 2.05) is 0 Å². The number of hydrogen-bond acceptors (Lipinski definition) is 3. The molecule has 0 atom stereocenters. The zero-order chi connectivity index (χ0) is 20.1. The molecule has 4 aromatic rings. The number of fused-ring (bicyclic) bond motifs is 2. The lowest BCUT2D eigenvalue weighted by Gasteiger charge is -2.11. The number of benzene rings is 4. The van der Waals surface area contributed by atoms with Crippen molar-refractivity contribution in [3.63, 3.8) is 0 Å². The molecule has 0 saturated heterocycles. The van der Waals surface area contributed by atoms with Crippen molar-refractivity contribution >= 4 is 54.7 Å². The van der Waals surface area contributed by atoms with Crippen LogP contribution < -0.4 is 11.1 Å². The summed E-state index contributed by atoms with van der Waals surface area (Å²) >= 11 is 4.67. The minimum atomic E-state index is -4.38. The van der Waals surface area contributed by atoms with Crippen LogP contribution in [0.15, 0.2) is 89.8 Å². The minimum Gasteiger partial charge on any atom is -0.376 e. The fourth-order valence-electron chi connectivity index (χ4n) is 2.88. The normalized spacial score (nSPS) is 10.9. The second-order valence-electron chi connectivity index (χ2n) is 5.97. The van der Waals surface area contributed by atoms with E-state index in [1.165, 1.54) is 16.8 Å². The molecule has 0 aromatic heterocycles. The predicted molar refractivity (Wildman–Crippen MR) is 118 cm³/mol. The largest absolute Gasteiger partial charge is 0.376 e. The highest BCUT2D eigenvalue weighted by Gasteiger charge is 2.19. The molecule has 0 aliphatic carbocycles. The molecule has 0 fully saturated rings. The van der Waals surface area contributed by atoms with Gasteiger partial charge in [0.1, 0.15) is 4.90 Å². The quantitative estimate of drug-likeness (QED) is 0.331. The Hall–Kier alpha value is -3.00. The van der Waals surface area contributed by atoms with E-state index >= 15 is 0 Å². The molecule has 7 heteroatoms. The summed E-state index contributed by atoms with van der Waals surface area (Å²) in [6, 6.07) is 26.7. The molecule has 4 aromatic carbocycles. The highest BCUT2D eigenvalue weighted by atomic mass is 32.2. The molecular weight excluding hydrogens is 392 g/mol. The summed E-state index contributed by atoms with van der Waals surface area (Å²) in [5, 5.41) is 6.19. The molecule has 0 aliphatic heterocycles. The Labute approximate surface area is 168 Å². The van der Waals surface area contributed by atoms with Crippen LogP contribution in [0.3, 0.4) is 0 Å². The van der Waals surface area contributed by atoms with E-state index in [9.17, 15) is 13.0 Å². The van der Waals surface area contributed by atoms with Crippen LogP contribution in [-0.2, 0) is 10.1 Å². The fourth-order valence-corrected chi connectivity index (χ4v) is 3.86. The van der Waals surface area contributed by atoms with Crippen LogP contribution in [0.25, 0.3) is 21.5 Å². The Morgan fingerprint density at radius 1 is 0.786 bits per heavy atom. The number of nitrogens with two attached hydrogens (primary N) is 1. The van der Waals surface area contributed by atoms with Crippen molar-refractivity contribution < 1.29 is 13.0 Å². The van der Waals surface area contributed by atoms with Gasteiger partial charge >= 0.3 is 0 Å². The van der Waals surface area contributed by atoms with Crippen LogP contribution in [-0.4, -0.2) is 18.1 Å². The Morgan fingerprint density at radius 2 is 1.25 bits per heavy atom. The molecule has 0 saturated carbocycles.